The van der Waals surface area contributed by atoms with Crippen LogP contribution >= 0.6 is 0 Å². The monoisotopic (exact) mass is 293 g/mol. The summed E-state index contributed by atoms with van der Waals surface area (Å²) >= 11 is 0. The molecule has 0 saturated carbocycles. The van der Waals surface area contributed by atoms with Gasteiger partial charge in [0.1, 0.15) is 0 Å². The van der Waals surface area contributed by atoms with Crippen LogP contribution in [0.2, 0.25) is 0 Å². The molecule has 1 heterocycles. The lowest BCUT2D eigenvalue weighted by atomic mass is 9.92. The molecule has 4 heteroatoms. The summed E-state index contributed by atoms with van der Waals surface area (Å²) in [6, 6.07) is 13.6. The predicted octanol–water partition coefficient (Wildman–Crippen LogP) is 2.97. The van der Waals surface area contributed by atoms with E-state index >= 15 is 0 Å². The van der Waals surface area contributed by atoms with E-state index in [4.69, 9.17) is 11.5 Å². The first-order valence-electron chi connectivity index (χ1n) is 7.17. The van der Waals surface area contributed by atoms with Crippen molar-refractivity contribution < 1.29 is 0 Å². The number of nitrogen functional groups attached to an aromatic ring is 1. The summed E-state index contributed by atoms with van der Waals surface area (Å²) in [5.74, 6) is 0. The Morgan fingerprint density at radius 1 is 0.955 bits per heavy atom. The molecule has 4 nitrogen and oxygen atoms in total. The van der Waals surface area contributed by atoms with Crippen molar-refractivity contribution in [3.8, 4) is 11.1 Å². The molecule has 0 aliphatic heterocycles. The minimum atomic E-state index is -0.374. The first kappa shape index (κ1) is 14.4. The zero-order valence-electron chi connectivity index (χ0n) is 12.7. The predicted molar refractivity (Wildman–Crippen MR) is 91.6 cm³/mol. The maximum absolute atomic E-state index is 11.8. The number of benzene rings is 2. The summed E-state index contributed by atoms with van der Waals surface area (Å²) in [6.07, 6.45) is 1.62. The number of H-pyrrole nitrogens is 1. The van der Waals surface area contributed by atoms with Crippen molar-refractivity contribution in [3.63, 3.8) is 0 Å². The van der Waals surface area contributed by atoms with E-state index in [1.165, 1.54) is 0 Å². The van der Waals surface area contributed by atoms with Gasteiger partial charge >= 0.3 is 0 Å². The third kappa shape index (κ3) is 2.38. The lowest BCUT2D eigenvalue weighted by Crippen LogP contribution is -2.28. The second-order valence-corrected chi connectivity index (χ2v) is 6.09. The standard InChI is InChI=1S/C18H19N3O/c1-18(2,20)12-5-3-11(4-6-12)13-7-8-15-14(16(13)19)9-10-21-17(15)22/h3-10H,19-20H2,1-2H3,(H,21,22). The number of anilines is 1. The van der Waals surface area contributed by atoms with Crippen molar-refractivity contribution in [2.45, 2.75) is 19.4 Å². The molecule has 3 aromatic rings. The number of nitrogens with one attached hydrogen (secondary N) is 1. The Bertz CT molecular complexity index is 887. The average molecular weight is 293 g/mol. The van der Waals surface area contributed by atoms with Crippen LogP contribution in [-0.2, 0) is 5.54 Å². The Morgan fingerprint density at radius 3 is 2.27 bits per heavy atom. The number of aromatic amines is 1. The quantitative estimate of drug-likeness (QED) is 0.635. The molecule has 1 aromatic heterocycles. The van der Waals surface area contributed by atoms with Crippen molar-refractivity contribution in [2.75, 3.05) is 5.73 Å². The lowest BCUT2D eigenvalue weighted by Gasteiger charge is -2.19. The van der Waals surface area contributed by atoms with Gasteiger partial charge in [-0.1, -0.05) is 30.3 Å². The number of hydrogen-bond acceptors (Lipinski definition) is 3. The molecule has 0 radical (unpaired) electrons. The maximum Gasteiger partial charge on any atom is 0.255 e. The smallest absolute Gasteiger partial charge is 0.255 e. The van der Waals surface area contributed by atoms with Crippen LogP contribution in [0.15, 0.2) is 53.5 Å². The second kappa shape index (κ2) is 5.00. The molecule has 0 unspecified atom stereocenters. The third-order valence-corrected chi connectivity index (χ3v) is 3.94. The van der Waals surface area contributed by atoms with Crippen LogP contribution in [0.3, 0.4) is 0 Å². The normalized spacial score (nSPS) is 11.8. The molecule has 0 aliphatic carbocycles. The molecule has 0 atom stereocenters. The van der Waals surface area contributed by atoms with E-state index in [9.17, 15) is 4.79 Å². The van der Waals surface area contributed by atoms with Gasteiger partial charge in [-0.3, -0.25) is 4.79 Å². The van der Waals surface area contributed by atoms with Gasteiger partial charge in [0.05, 0.1) is 0 Å². The summed E-state index contributed by atoms with van der Waals surface area (Å²) < 4.78 is 0. The van der Waals surface area contributed by atoms with Crippen LogP contribution in [0.1, 0.15) is 19.4 Å². The Hall–Kier alpha value is -2.59. The summed E-state index contributed by atoms with van der Waals surface area (Å²) in [5.41, 5.74) is 15.5. The van der Waals surface area contributed by atoms with E-state index < -0.39 is 0 Å². The molecule has 5 N–H and O–H groups in total. The molecule has 0 saturated heterocycles. The summed E-state index contributed by atoms with van der Waals surface area (Å²) in [5, 5.41) is 1.37. The zero-order valence-corrected chi connectivity index (χ0v) is 12.7. The Kier molecular flexibility index (Phi) is 3.26. The van der Waals surface area contributed by atoms with Gasteiger partial charge in [-0.15, -0.1) is 0 Å². The van der Waals surface area contributed by atoms with Crippen molar-refractivity contribution >= 4 is 16.5 Å². The Labute approximate surface area is 128 Å². The number of aromatic nitrogens is 1. The van der Waals surface area contributed by atoms with Crippen LogP contribution in [-0.4, -0.2) is 4.98 Å². The molecule has 2 aromatic carbocycles. The van der Waals surface area contributed by atoms with Gasteiger partial charge < -0.3 is 16.5 Å². The Morgan fingerprint density at radius 2 is 1.64 bits per heavy atom. The van der Waals surface area contributed by atoms with Gasteiger partial charge in [0.2, 0.25) is 0 Å². The van der Waals surface area contributed by atoms with Gasteiger partial charge in [0.25, 0.3) is 5.56 Å². The summed E-state index contributed by atoms with van der Waals surface area (Å²) in [6.45, 7) is 3.94. The summed E-state index contributed by atoms with van der Waals surface area (Å²) in [4.78, 5) is 14.5. The fourth-order valence-corrected chi connectivity index (χ4v) is 2.62. The Balaban J connectivity index is 2.15. The first-order valence-corrected chi connectivity index (χ1v) is 7.17. The van der Waals surface area contributed by atoms with E-state index in [-0.39, 0.29) is 11.1 Å². The van der Waals surface area contributed by atoms with E-state index in [1.54, 1.807) is 12.3 Å². The van der Waals surface area contributed by atoms with Crippen LogP contribution in [0, 0.1) is 0 Å². The SMILES string of the molecule is CC(C)(N)c1ccc(-c2ccc3c(=O)[nH]ccc3c2N)cc1. The first-order chi connectivity index (χ1) is 10.4. The van der Waals surface area contributed by atoms with Gasteiger partial charge in [-0.25, -0.2) is 0 Å². The lowest BCUT2D eigenvalue weighted by molar-refractivity contribution is 0.554. The van der Waals surface area contributed by atoms with Crippen molar-refractivity contribution in [3.05, 3.63) is 64.6 Å². The van der Waals surface area contributed by atoms with Gasteiger partial charge in [0, 0.05) is 33.8 Å². The van der Waals surface area contributed by atoms with Crippen LogP contribution in [0.4, 0.5) is 5.69 Å². The maximum atomic E-state index is 11.8. The molecule has 0 bridgehead atoms. The number of fused-ring (bicyclic) bond motifs is 1. The van der Waals surface area contributed by atoms with Crippen LogP contribution in [0.25, 0.3) is 21.9 Å². The average Bonchev–Trinajstić information content (AvgIpc) is 2.48. The van der Waals surface area contributed by atoms with Crippen LogP contribution in [0.5, 0.6) is 0 Å². The van der Waals surface area contributed by atoms with Crippen molar-refractivity contribution in [1.29, 1.82) is 0 Å². The molecule has 112 valence electrons. The minimum Gasteiger partial charge on any atom is -0.398 e. The van der Waals surface area contributed by atoms with Gasteiger partial charge in [0.15, 0.2) is 0 Å². The molecule has 3 rings (SSSR count). The highest BCUT2D eigenvalue weighted by Gasteiger charge is 2.14. The molecular formula is C18H19N3O. The van der Waals surface area contributed by atoms with Crippen LogP contribution < -0.4 is 17.0 Å². The fraction of sp³-hybridized carbons (Fsp3) is 0.167. The fourth-order valence-electron chi connectivity index (χ4n) is 2.62. The zero-order chi connectivity index (χ0) is 15.9. The second-order valence-electron chi connectivity index (χ2n) is 6.09. The van der Waals surface area contributed by atoms with Crippen molar-refractivity contribution in [2.24, 2.45) is 5.73 Å². The highest BCUT2D eigenvalue weighted by atomic mass is 16.1. The number of nitrogens with two attached hydrogens (primary N) is 2. The van der Waals surface area contributed by atoms with E-state index in [2.05, 4.69) is 4.98 Å². The number of rotatable bonds is 2. The highest BCUT2D eigenvalue weighted by molar-refractivity contribution is 5.99. The third-order valence-electron chi connectivity index (χ3n) is 3.94. The molecule has 0 fully saturated rings. The van der Waals surface area contributed by atoms with Gasteiger partial charge in [-0.2, -0.15) is 0 Å². The van der Waals surface area contributed by atoms with E-state index in [0.717, 1.165) is 22.1 Å². The summed E-state index contributed by atoms with van der Waals surface area (Å²) in [7, 11) is 0. The van der Waals surface area contributed by atoms with Gasteiger partial charge in [-0.05, 0) is 37.1 Å². The molecule has 22 heavy (non-hydrogen) atoms. The largest absolute Gasteiger partial charge is 0.398 e. The molecule has 0 amide bonds. The topological polar surface area (TPSA) is 84.9 Å². The number of pyridine rings is 1. The molecule has 0 spiro atoms. The molecular weight excluding hydrogens is 274 g/mol. The number of hydrogen-bond donors (Lipinski definition) is 3. The van der Waals surface area contributed by atoms with Crippen molar-refractivity contribution in [1.82, 2.24) is 4.98 Å². The van der Waals surface area contributed by atoms with E-state index in [0.29, 0.717) is 11.1 Å². The highest BCUT2D eigenvalue weighted by Crippen LogP contribution is 2.32. The molecule has 0 aliphatic rings. The van der Waals surface area contributed by atoms with E-state index in [1.807, 2.05) is 50.2 Å². The minimum absolute atomic E-state index is 0.129.